The van der Waals surface area contributed by atoms with Crippen molar-refractivity contribution in [1.82, 2.24) is 15.2 Å². The van der Waals surface area contributed by atoms with Gasteiger partial charge in [-0.2, -0.15) is 5.10 Å². The third kappa shape index (κ3) is 5.82. The summed E-state index contributed by atoms with van der Waals surface area (Å²) in [7, 11) is 0. The van der Waals surface area contributed by atoms with E-state index >= 15 is 0 Å². The Bertz CT molecular complexity index is 695. The number of benzene rings is 1. The fourth-order valence-electron chi connectivity index (χ4n) is 2.66. The summed E-state index contributed by atoms with van der Waals surface area (Å²) in [5.41, 5.74) is 8.32. The highest BCUT2D eigenvalue weighted by molar-refractivity contribution is 5.86. The second-order valence-corrected chi connectivity index (χ2v) is 5.85. The zero-order valence-corrected chi connectivity index (χ0v) is 14.5. The van der Waals surface area contributed by atoms with Gasteiger partial charge in [0.05, 0.1) is 5.69 Å². The number of nitrogens with zero attached hydrogens (tertiary/aromatic N) is 2. The average Bonchev–Trinajstić information content (AvgIpc) is 3.19. The van der Waals surface area contributed by atoms with Gasteiger partial charge in [-0.3, -0.25) is 5.84 Å². The van der Waals surface area contributed by atoms with Gasteiger partial charge < -0.3 is 21.0 Å². The Hall–Kier alpha value is -3.00. The number of rotatable bonds is 5. The summed E-state index contributed by atoms with van der Waals surface area (Å²) in [6.07, 6.45) is 8.93. The maximum atomic E-state index is 10.7. The molecule has 0 spiro atoms. The maximum absolute atomic E-state index is 10.7. The SMILES string of the molecule is NN/C(C(=O)O)=C(\N)OC1CCCCC1.c1ccc(-n2cccn2)cc1. The molecular weight excluding hydrogens is 334 g/mol. The Labute approximate surface area is 152 Å². The van der Waals surface area contributed by atoms with Crippen LogP contribution in [0.1, 0.15) is 32.1 Å². The summed E-state index contributed by atoms with van der Waals surface area (Å²) >= 11 is 0. The zero-order chi connectivity index (χ0) is 18.8. The maximum Gasteiger partial charge on any atom is 0.358 e. The average molecular weight is 359 g/mol. The minimum atomic E-state index is -1.22. The van der Waals surface area contributed by atoms with Crippen molar-refractivity contribution < 1.29 is 14.6 Å². The zero-order valence-electron chi connectivity index (χ0n) is 14.5. The number of nitrogens with two attached hydrogens (primary N) is 2. The molecule has 3 rings (SSSR count). The molecule has 26 heavy (non-hydrogen) atoms. The van der Waals surface area contributed by atoms with Crippen LogP contribution < -0.4 is 17.0 Å². The molecule has 1 aromatic heterocycles. The van der Waals surface area contributed by atoms with Crippen molar-refractivity contribution in [2.75, 3.05) is 0 Å². The van der Waals surface area contributed by atoms with Crippen LogP contribution in [0.5, 0.6) is 0 Å². The lowest BCUT2D eigenvalue weighted by molar-refractivity contribution is -0.133. The van der Waals surface area contributed by atoms with Crippen LogP contribution in [-0.2, 0) is 9.53 Å². The van der Waals surface area contributed by atoms with E-state index < -0.39 is 5.97 Å². The highest BCUT2D eigenvalue weighted by Gasteiger charge is 2.19. The van der Waals surface area contributed by atoms with Crippen LogP contribution in [0.15, 0.2) is 60.4 Å². The number of aliphatic carboxylic acids is 1. The van der Waals surface area contributed by atoms with Crippen LogP contribution in [0.2, 0.25) is 0 Å². The lowest BCUT2D eigenvalue weighted by atomic mass is 9.98. The predicted octanol–water partition coefficient (Wildman–Crippen LogP) is 1.88. The van der Waals surface area contributed by atoms with Crippen molar-refractivity contribution in [3.05, 3.63) is 60.4 Å². The fraction of sp³-hybridized carbons (Fsp3) is 0.333. The molecule has 0 unspecified atom stereocenters. The van der Waals surface area contributed by atoms with Gasteiger partial charge in [0.15, 0.2) is 5.70 Å². The second-order valence-electron chi connectivity index (χ2n) is 5.85. The van der Waals surface area contributed by atoms with Crippen LogP contribution in [0.3, 0.4) is 0 Å². The molecule has 0 radical (unpaired) electrons. The molecular formula is C18H25N5O3. The first kappa shape index (κ1) is 19.3. The van der Waals surface area contributed by atoms with Crippen molar-refractivity contribution in [2.45, 2.75) is 38.2 Å². The molecule has 0 bridgehead atoms. The largest absolute Gasteiger partial charge is 0.476 e. The molecule has 140 valence electrons. The van der Waals surface area contributed by atoms with Gasteiger partial charge in [0.1, 0.15) is 6.10 Å². The molecule has 2 aromatic rings. The Kier molecular flexibility index (Phi) is 7.50. The molecule has 0 atom stereocenters. The normalized spacial score (nSPS) is 15.3. The molecule has 1 heterocycles. The number of hydrogen-bond donors (Lipinski definition) is 4. The number of aromatic nitrogens is 2. The number of carboxylic acid groups (broad SMARTS) is 1. The van der Waals surface area contributed by atoms with Gasteiger partial charge in [0.25, 0.3) is 0 Å². The summed E-state index contributed by atoms with van der Waals surface area (Å²) in [6, 6.07) is 11.9. The molecule has 6 N–H and O–H groups in total. The minimum Gasteiger partial charge on any atom is -0.476 e. The number of carbonyl (C=O) groups is 1. The standard InChI is InChI=1S/C9H17N3O3.C9H8N2/c10-8(7(12-11)9(13)14)15-6-4-2-1-3-5-6;1-2-5-9(6-3-1)11-8-4-7-10-11/h6,12H,1-5,10-11H2,(H,13,14);1-8H/b8-7+;. The number of ether oxygens (including phenoxy) is 1. The molecule has 8 heteroatoms. The van der Waals surface area contributed by atoms with Gasteiger partial charge in [-0.1, -0.05) is 24.6 Å². The quantitative estimate of drug-likeness (QED) is 0.278. The third-order valence-corrected chi connectivity index (χ3v) is 3.98. The highest BCUT2D eigenvalue weighted by atomic mass is 16.5. The molecule has 1 saturated carbocycles. The lowest BCUT2D eigenvalue weighted by Crippen LogP contribution is -2.32. The monoisotopic (exact) mass is 359 g/mol. The van der Waals surface area contributed by atoms with E-state index in [0.717, 1.165) is 31.4 Å². The van der Waals surface area contributed by atoms with E-state index in [2.05, 4.69) is 5.10 Å². The van der Waals surface area contributed by atoms with Crippen molar-refractivity contribution in [2.24, 2.45) is 11.6 Å². The molecule has 0 aliphatic heterocycles. The smallest absolute Gasteiger partial charge is 0.358 e. The molecule has 1 aliphatic carbocycles. The van der Waals surface area contributed by atoms with E-state index in [4.69, 9.17) is 21.4 Å². The van der Waals surface area contributed by atoms with Gasteiger partial charge in [0.2, 0.25) is 5.88 Å². The highest BCUT2D eigenvalue weighted by Crippen LogP contribution is 2.21. The Morgan fingerprint density at radius 2 is 1.88 bits per heavy atom. The first-order valence-electron chi connectivity index (χ1n) is 8.53. The van der Waals surface area contributed by atoms with Crippen molar-refractivity contribution in [3.63, 3.8) is 0 Å². The molecule has 1 aliphatic rings. The van der Waals surface area contributed by atoms with E-state index in [1.807, 2.05) is 52.7 Å². The predicted molar refractivity (Wildman–Crippen MR) is 97.7 cm³/mol. The van der Waals surface area contributed by atoms with Crippen LogP contribution in [0, 0.1) is 0 Å². The number of hydrazine groups is 1. The van der Waals surface area contributed by atoms with Crippen molar-refractivity contribution in [1.29, 1.82) is 0 Å². The number of hydrogen-bond acceptors (Lipinski definition) is 6. The van der Waals surface area contributed by atoms with Crippen LogP contribution in [0.25, 0.3) is 5.69 Å². The van der Waals surface area contributed by atoms with E-state index in [1.165, 1.54) is 6.42 Å². The first-order chi connectivity index (χ1) is 12.6. The van der Waals surface area contributed by atoms with E-state index in [9.17, 15) is 4.79 Å². The molecule has 0 amide bonds. The summed E-state index contributed by atoms with van der Waals surface area (Å²) in [5, 5.41) is 12.8. The van der Waals surface area contributed by atoms with Crippen LogP contribution >= 0.6 is 0 Å². The van der Waals surface area contributed by atoms with Gasteiger partial charge in [0, 0.05) is 12.4 Å². The molecule has 1 fully saturated rings. The van der Waals surface area contributed by atoms with Crippen molar-refractivity contribution >= 4 is 5.97 Å². The topological polar surface area (TPSA) is 128 Å². The minimum absolute atomic E-state index is 0.0152. The van der Waals surface area contributed by atoms with Gasteiger partial charge in [-0.25, -0.2) is 9.48 Å². The van der Waals surface area contributed by atoms with E-state index in [0.29, 0.717) is 0 Å². The molecule has 1 aromatic carbocycles. The Morgan fingerprint density at radius 1 is 1.19 bits per heavy atom. The van der Waals surface area contributed by atoms with Crippen LogP contribution in [0.4, 0.5) is 0 Å². The molecule has 8 nitrogen and oxygen atoms in total. The van der Waals surface area contributed by atoms with Gasteiger partial charge >= 0.3 is 5.97 Å². The van der Waals surface area contributed by atoms with E-state index in [1.54, 1.807) is 6.20 Å². The van der Waals surface area contributed by atoms with Crippen molar-refractivity contribution in [3.8, 4) is 5.69 Å². The number of carboxylic acids is 1. The van der Waals surface area contributed by atoms with Crippen LogP contribution in [-0.4, -0.2) is 27.0 Å². The molecule has 0 saturated heterocycles. The number of para-hydroxylation sites is 1. The summed E-state index contributed by atoms with van der Waals surface area (Å²) in [5.74, 6) is 3.67. The lowest BCUT2D eigenvalue weighted by Gasteiger charge is -2.23. The van der Waals surface area contributed by atoms with E-state index in [-0.39, 0.29) is 17.7 Å². The van der Waals surface area contributed by atoms with Gasteiger partial charge in [-0.05, 0) is 43.9 Å². The summed E-state index contributed by atoms with van der Waals surface area (Å²) in [6.45, 7) is 0. The Balaban J connectivity index is 0.000000195. The Morgan fingerprint density at radius 3 is 2.42 bits per heavy atom. The number of nitrogens with one attached hydrogen (secondary N) is 1. The second kappa shape index (κ2) is 10.1. The fourth-order valence-corrected chi connectivity index (χ4v) is 2.66. The third-order valence-electron chi connectivity index (χ3n) is 3.98. The summed E-state index contributed by atoms with van der Waals surface area (Å²) < 4.78 is 7.17. The summed E-state index contributed by atoms with van der Waals surface area (Å²) in [4.78, 5) is 10.7. The first-order valence-corrected chi connectivity index (χ1v) is 8.53. The van der Waals surface area contributed by atoms with Gasteiger partial charge in [-0.15, -0.1) is 0 Å².